The van der Waals surface area contributed by atoms with E-state index in [1.807, 2.05) is 138 Å². The summed E-state index contributed by atoms with van der Waals surface area (Å²) in [6.45, 7) is 24.9. The minimum Gasteiger partial charge on any atom is -0.381 e. The molecular formula is C103H142FN21O5. The fourth-order valence-corrected chi connectivity index (χ4v) is 20.7. The van der Waals surface area contributed by atoms with Gasteiger partial charge in [-0.25, -0.2) is 24.3 Å². The zero-order chi connectivity index (χ0) is 90.9. The first-order valence-corrected chi connectivity index (χ1v) is 49.7. The second kappa shape index (κ2) is 47.2. The number of carbonyl (C=O) groups is 4. The molecule has 5 aliphatic heterocycles. The minimum absolute atomic E-state index is 0.0722. The number of aromatic nitrogens is 13. The number of hydrogen-bond donors (Lipinski definition) is 8. The number of fused-ring (bicyclic) bond motifs is 13. The Morgan fingerprint density at radius 1 is 0.377 bits per heavy atom. The zero-order valence-corrected chi connectivity index (χ0v) is 78.6. The molecule has 6 fully saturated rings. The monoisotopic (exact) mass is 1770 g/mol. The lowest BCUT2D eigenvalue weighted by molar-refractivity contribution is 0.0730. The Kier molecular flexibility index (Phi) is 34.7. The van der Waals surface area contributed by atoms with Crippen molar-refractivity contribution in [3.05, 3.63) is 173 Å². The quantitative estimate of drug-likeness (QED) is 0.0373. The van der Waals surface area contributed by atoms with Crippen LogP contribution >= 0.6 is 0 Å². The first-order chi connectivity index (χ1) is 63.8. The number of ether oxygens (including phenoxy) is 1. The molecule has 0 atom stereocenters. The Balaban J connectivity index is 0.000000136. The van der Waals surface area contributed by atoms with E-state index in [0.717, 1.165) is 254 Å². The average molecular weight is 1770 g/mol. The number of nitrogens with zero attached hydrogens (tertiary/aromatic N) is 13. The van der Waals surface area contributed by atoms with Crippen molar-refractivity contribution in [1.29, 1.82) is 0 Å². The molecule has 1 saturated heterocycles. The fraction of sp³-hybridized carbons (Fsp3) is 0.563. The molecule has 21 rings (SSSR count). The van der Waals surface area contributed by atoms with Gasteiger partial charge in [0.2, 0.25) is 23.8 Å². The molecule has 2 aromatic carbocycles. The van der Waals surface area contributed by atoms with Crippen LogP contribution < -0.4 is 42.5 Å². The number of carbonyl (C=O) groups excluding carboxylic acids is 4. The molecule has 696 valence electrons. The van der Waals surface area contributed by atoms with E-state index in [0.29, 0.717) is 116 Å². The van der Waals surface area contributed by atoms with Crippen molar-refractivity contribution in [3.8, 4) is 0 Å². The summed E-state index contributed by atoms with van der Waals surface area (Å²) in [5.41, 5.74) is 11.5. The van der Waals surface area contributed by atoms with Crippen LogP contribution in [0.15, 0.2) is 122 Å². The topological polar surface area (TPSA) is 309 Å². The van der Waals surface area contributed by atoms with Crippen LogP contribution in [-0.2, 0) is 49.5 Å². The molecule has 9 aromatic heterocycles. The van der Waals surface area contributed by atoms with Gasteiger partial charge in [0, 0.05) is 202 Å². The lowest BCUT2D eigenvalue weighted by Gasteiger charge is -2.42. The van der Waals surface area contributed by atoms with Gasteiger partial charge >= 0.3 is 0 Å². The summed E-state index contributed by atoms with van der Waals surface area (Å²) in [4.78, 5) is 90.7. The van der Waals surface area contributed by atoms with Gasteiger partial charge in [-0.05, 0) is 214 Å². The molecule has 130 heavy (non-hydrogen) atoms. The molecule has 10 aliphatic rings. The highest BCUT2D eigenvalue weighted by Crippen LogP contribution is 2.46. The number of halogens is 1. The summed E-state index contributed by atoms with van der Waals surface area (Å²) in [5, 5.41) is 32.7. The van der Waals surface area contributed by atoms with Gasteiger partial charge in [0.25, 0.3) is 0 Å². The Morgan fingerprint density at radius 2 is 0.746 bits per heavy atom. The van der Waals surface area contributed by atoms with Gasteiger partial charge in [-0.1, -0.05) is 123 Å². The predicted octanol–water partition coefficient (Wildman–Crippen LogP) is 20.3. The van der Waals surface area contributed by atoms with Gasteiger partial charge in [-0.15, -0.1) is 0 Å². The molecule has 14 heterocycles. The van der Waals surface area contributed by atoms with E-state index in [1.165, 1.54) is 54.9 Å². The molecule has 5 aliphatic carbocycles. The number of anilines is 4. The van der Waals surface area contributed by atoms with Crippen LogP contribution in [0.5, 0.6) is 0 Å². The third-order valence-electron chi connectivity index (χ3n) is 27.7. The molecular weight excluding hydrogens is 1630 g/mol. The van der Waals surface area contributed by atoms with E-state index in [9.17, 15) is 23.6 Å². The summed E-state index contributed by atoms with van der Waals surface area (Å²) in [6, 6.07) is 31.7. The molecule has 8 N–H and O–H groups in total. The lowest BCUT2D eigenvalue weighted by Crippen LogP contribution is -2.44. The number of pyridine rings is 1. The van der Waals surface area contributed by atoms with E-state index < -0.39 is 0 Å². The van der Waals surface area contributed by atoms with E-state index in [2.05, 4.69) is 114 Å². The van der Waals surface area contributed by atoms with Gasteiger partial charge in [0.05, 0.1) is 22.8 Å². The molecule has 5 saturated carbocycles. The Hall–Kier alpha value is -10.3. The van der Waals surface area contributed by atoms with Gasteiger partial charge < -0.3 is 65.5 Å². The lowest BCUT2D eigenvalue weighted by atomic mass is 9.75. The zero-order valence-electron chi connectivity index (χ0n) is 78.6. The van der Waals surface area contributed by atoms with E-state index >= 15 is 0 Å². The van der Waals surface area contributed by atoms with E-state index in [1.54, 1.807) is 12.3 Å². The molecule has 0 radical (unpaired) electrons. The Labute approximate surface area is 767 Å². The van der Waals surface area contributed by atoms with E-state index in [4.69, 9.17) is 24.7 Å². The van der Waals surface area contributed by atoms with Crippen molar-refractivity contribution >= 4 is 91.1 Å². The number of ketones is 4. The third-order valence-corrected chi connectivity index (χ3v) is 27.7. The van der Waals surface area contributed by atoms with Crippen LogP contribution in [0.25, 0.3) is 44.1 Å². The first-order valence-electron chi connectivity index (χ1n) is 49.7. The molecule has 26 nitrogen and oxygen atoms in total. The highest BCUT2D eigenvalue weighted by molar-refractivity contribution is 6.02. The highest BCUT2D eigenvalue weighted by atomic mass is 19.1. The third kappa shape index (κ3) is 23.9. The van der Waals surface area contributed by atoms with Gasteiger partial charge in [0.15, 0.2) is 23.1 Å². The molecule has 0 amide bonds. The van der Waals surface area contributed by atoms with Crippen LogP contribution in [0.2, 0.25) is 0 Å². The maximum absolute atomic E-state index is 13.8. The highest BCUT2D eigenvalue weighted by Gasteiger charge is 2.42. The molecule has 11 aromatic rings. The fourth-order valence-electron chi connectivity index (χ4n) is 20.7. The van der Waals surface area contributed by atoms with Gasteiger partial charge in [0.1, 0.15) is 28.4 Å². The average Bonchev–Trinajstić information content (AvgIpc) is 1.56. The van der Waals surface area contributed by atoms with Crippen molar-refractivity contribution in [1.82, 2.24) is 84.4 Å². The maximum atomic E-state index is 13.8. The number of hydrogen-bond acceptors (Lipinski definition) is 22. The Morgan fingerprint density at radius 3 is 1.18 bits per heavy atom. The number of benzene rings is 2. The van der Waals surface area contributed by atoms with Crippen LogP contribution in [0.3, 0.4) is 0 Å². The maximum Gasteiger partial charge on any atom is 0.224 e. The molecule has 27 heteroatoms. The van der Waals surface area contributed by atoms with Gasteiger partial charge in [-0.2, -0.15) is 19.9 Å². The largest absolute Gasteiger partial charge is 0.381 e. The first kappa shape index (κ1) is 95.8. The molecule has 0 unspecified atom stereocenters. The van der Waals surface area contributed by atoms with Crippen LogP contribution in [0, 0.1) is 12.7 Å². The number of Topliss-reactive ketones (excluding diaryl/α,β-unsaturated/α-hetero) is 4. The standard InChI is InChI=1S/C26H37N5O2.C24H29N5O.C23H26FN5O.C22H26N6O.4C2H6/c32-23-8-13-26(11-2-1-3-12-26)31-22(23)16-18-17-27-25(30-24(18)31)29-20-6-4-19(5-7-20)28-21-9-14-33-15-10-21;1-16-5-2-3-6-17(16)14-25-19-8-10-20(11-9-19)27-24-26-15-18-13-21-22(30)7-4-12-29(21)23(18)28-24;24-19-5-2-1-4-15(19)13-25-17-7-9-18(10-8-17)27-23-26-14-16-12-20-21(30)6-3-11-29(20)22(16)28-23;29-20-4-2-10-28-19(20)11-16-14-25-22(27-21(16)28)26-18-7-5-17(6-8-18)24-13-15-3-1-9-23-12-15;4*1-2/h16-17,19-21,28H,1-15H2,(H,27,29,30);2-3,5-6,13,15,19-20,25H,4,7-12,14H2,1H3,(H,26,27,28);1-2,4-5,12,14,17-18,25H,3,6-11,13H2,(H,26,27,28);1,3,9,11-12,14,17-18,24H,2,4-8,10,13H2,(H,25,26,27);4*1-2H3. The van der Waals surface area contributed by atoms with Crippen LogP contribution in [0.4, 0.5) is 28.2 Å². The van der Waals surface area contributed by atoms with E-state index in [-0.39, 0.29) is 34.5 Å². The van der Waals surface area contributed by atoms with Crippen molar-refractivity contribution < 1.29 is 28.3 Å². The second-order valence-corrected chi connectivity index (χ2v) is 35.9. The normalized spacial score (nSPS) is 22.2. The van der Waals surface area contributed by atoms with Gasteiger partial charge in [-0.3, -0.25) is 24.2 Å². The summed E-state index contributed by atoms with van der Waals surface area (Å²) in [5.74, 6) is 3.41. The minimum atomic E-state index is -0.151. The van der Waals surface area contributed by atoms with Crippen molar-refractivity contribution in [3.63, 3.8) is 0 Å². The summed E-state index contributed by atoms with van der Waals surface area (Å²) < 4.78 is 27.7. The summed E-state index contributed by atoms with van der Waals surface area (Å²) in [6.07, 6.45) is 43.4. The van der Waals surface area contributed by atoms with Crippen LogP contribution in [0.1, 0.15) is 319 Å². The Bertz CT molecular complexity index is 5310. The summed E-state index contributed by atoms with van der Waals surface area (Å²) in [7, 11) is 0. The second-order valence-electron chi connectivity index (χ2n) is 35.9. The van der Waals surface area contributed by atoms with Crippen molar-refractivity contribution in [2.45, 2.75) is 361 Å². The van der Waals surface area contributed by atoms with Crippen molar-refractivity contribution in [2.24, 2.45) is 0 Å². The molecule has 1 spiro atoms. The van der Waals surface area contributed by atoms with Crippen LogP contribution in [-0.4, -0.2) is 154 Å². The molecule has 0 bridgehead atoms. The summed E-state index contributed by atoms with van der Waals surface area (Å²) >= 11 is 0. The SMILES string of the molecule is CC.CC.CC.CC.Cc1ccccc1CNC1CCC(Nc2ncc3cc4n(c3n2)CCCC4=O)CC1.O=C1CCC2(CCCCC2)n2c1cc1cnc(NC3CCC(NC4CCOCC4)CC3)nc12.O=C1CCCn2c1cc1cnc(NC3CCC(NCc4ccccc4F)CC3)nc12.O=C1CCCn2c1cc1cnc(NC3CCC(NCc4cccnc4)CC3)nc12. The smallest absolute Gasteiger partial charge is 0.224 e. The van der Waals surface area contributed by atoms with Crippen molar-refractivity contribution in [2.75, 3.05) is 34.5 Å². The predicted molar refractivity (Wildman–Crippen MR) is 519 cm³/mol. The number of nitrogens with one attached hydrogen (secondary N) is 8. The number of rotatable bonds is 19. The number of aryl methyl sites for hydroxylation is 4.